The number of carbonyl (C=O) groups excluding carboxylic acids is 2. The summed E-state index contributed by atoms with van der Waals surface area (Å²) in [5.74, 6) is 0.318. The van der Waals surface area contributed by atoms with Gasteiger partial charge in [0.25, 0.3) is 0 Å². The summed E-state index contributed by atoms with van der Waals surface area (Å²) < 4.78 is 0. The van der Waals surface area contributed by atoms with Crippen LogP contribution < -0.4 is 42.5 Å². The first-order valence-corrected chi connectivity index (χ1v) is 15.4. The lowest BCUT2D eigenvalue weighted by atomic mass is 9.90. The molecule has 3 aliphatic rings. The van der Waals surface area contributed by atoms with Crippen LogP contribution in [0.25, 0.3) is 11.4 Å². The summed E-state index contributed by atoms with van der Waals surface area (Å²) in [6.07, 6.45) is 2.33. The van der Waals surface area contributed by atoms with Crippen LogP contribution in [0, 0.1) is 5.41 Å². The molecule has 0 unspecified atom stereocenters. The van der Waals surface area contributed by atoms with Gasteiger partial charge in [-0.2, -0.15) is 0 Å². The van der Waals surface area contributed by atoms with E-state index in [0.717, 1.165) is 70.0 Å². The van der Waals surface area contributed by atoms with Crippen molar-refractivity contribution in [2.45, 2.75) is 38.3 Å². The number of carbonyl (C=O) groups is 2. The van der Waals surface area contributed by atoms with Crippen molar-refractivity contribution in [3.63, 3.8) is 0 Å². The Morgan fingerprint density at radius 2 is 1.21 bits per heavy atom. The number of nitrogens with one attached hydrogen (secondary N) is 8. The van der Waals surface area contributed by atoms with Crippen LogP contribution >= 0.6 is 0 Å². The molecule has 3 fully saturated rings. The van der Waals surface area contributed by atoms with E-state index in [1.165, 1.54) is 6.33 Å². The fourth-order valence-electron chi connectivity index (χ4n) is 5.34. The van der Waals surface area contributed by atoms with Crippen LogP contribution in [0.3, 0.4) is 0 Å². The van der Waals surface area contributed by atoms with Crippen LogP contribution in [0.15, 0.2) is 30.6 Å². The highest BCUT2D eigenvalue weighted by atomic mass is 16.2. The van der Waals surface area contributed by atoms with Gasteiger partial charge in [0.05, 0.1) is 5.54 Å². The van der Waals surface area contributed by atoms with E-state index in [1.54, 1.807) is 0 Å². The molecule has 1 aromatic carbocycles. The van der Waals surface area contributed by atoms with Gasteiger partial charge < -0.3 is 42.5 Å². The van der Waals surface area contributed by atoms with E-state index < -0.39 is 5.54 Å². The monoisotopic (exact) mass is 596 g/mol. The van der Waals surface area contributed by atoms with E-state index in [0.29, 0.717) is 38.4 Å². The number of hydrogen-bond acceptors (Lipinski definition) is 12. The third kappa shape index (κ3) is 11.5. The van der Waals surface area contributed by atoms with Crippen LogP contribution in [0.5, 0.6) is 0 Å². The van der Waals surface area contributed by atoms with Crippen LogP contribution in [-0.2, 0) is 16.1 Å². The molecule has 2 bridgehead atoms. The van der Waals surface area contributed by atoms with Crippen molar-refractivity contribution in [3.8, 4) is 11.4 Å². The molecule has 3 saturated heterocycles. The molecule has 4 heterocycles. The van der Waals surface area contributed by atoms with Crippen LogP contribution in [-0.4, -0.2) is 116 Å². The second kappa shape index (κ2) is 17.2. The first-order chi connectivity index (χ1) is 21.0. The number of aromatic nitrogens is 4. The van der Waals surface area contributed by atoms with Gasteiger partial charge in [0.2, 0.25) is 17.6 Å². The van der Waals surface area contributed by atoms with Crippen molar-refractivity contribution in [2.75, 3.05) is 78.5 Å². The molecule has 236 valence electrons. The zero-order chi connectivity index (χ0) is 30.2. The van der Waals surface area contributed by atoms with Crippen molar-refractivity contribution in [1.82, 2.24) is 62.9 Å². The fraction of sp³-hybridized carbons (Fsp3) is 0.655. The third-order valence-electron chi connectivity index (χ3n) is 7.80. The van der Waals surface area contributed by atoms with Gasteiger partial charge in [0.15, 0.2) is 6.33 Å². The number of hydrogen-bond donors (Lipinski definition) is 8. The summed E-state index contributed by atoms with van der Waals surface area (Å²) in [5.41, 5.74) is 1.39. The second-order valence-electron chi connectivity index (χ2n) is 11.9. The Morgan fingerprint density at radius 1 is 0.721 bits per heavy atom. The highest BCUT2D eigenvalue weighted by molar-refractivity contribution is 5.79. The average Bonchev–Trinajstić information content (AvgIpc) is 3.01. The number of fused-ring (bicyclic) bond motifs is 15. The highest BCUT2D eigenvalue weighted by Gasteiger charge is 2.32. The van der Waals surface area contributed by atoms with Crippen molar-refractivity contribution >= 4 is 11.8 Å². The topological polar surface area (TPSA) is 182 Å². The van der Waals surface area contributed by atoms with Gasteiger partial charge in [-0.15, -0.1) is 20.4 Å². The summed E-state index contributed by atoms with van der Waals surface area (Å²) in [5, 5.41) is 43.1. The van der Waals surface area contributed by atoms with Gasteiger partial charge in [-0.25, -0.2) is 0 Å². The maximum Gasteiger partial charge on any atom is 0.220 e. The minimum atomic E-state index is -0.495. The van der Waals surface area contributed by atoms with E-state index >= 15 is 0 Å². The van der Waals surface area contributed by atoms with Crippen molar-refractivity contribution in [3.05, 3.63) is 36.2 Å². The zero-order valence-corrected chi connectivity index (χ0v) is 25.3. The number of amides is 2. The summed E-state index contributed by atoms with van der Waals surface area (Å²) in [6.45, 7) is 12.4. The van der Waals surface area contributed by atoms with E-state index in [2.05, 4.69) is 69.9 Å². The normalized spacial score (nSPS) is 24.4. The Morgan fingerprint density at radius 3 is 1.74 bits per heavy atom. The number of benzene rings is 1. The molecule has 0 saturated carbocycles. The lowest BCUT2D eigenvalue weighted by Crippen LogP contribution is -2.66. The Labute approximate surface area is 254 Å². The molecule has 2 amide bonds. The Balaban J connectivity index is 1.24. The van der Waals surface area contributed by atoms with E-state index in [4.69, 9.17) is 0 Å². The molecule has 43 heavy (non-hydrogen) atoms. The van der Waals surface area contributed by atoms with Crippen LogP contribution in [0.1, 0.15) is 31.7 Å². The van der Waals surface area contributed by atoms with Gasteiger partial charge in [-0.3, -0.25) is 9.59 Å². The van der Waals surface area contributed by atoms with E-state index in [-0.39, 0.29) is 30.1 Å². The summed E-state index contributed by atoms with van der Waals surface area (Å²) >= 11 is 0. The highest BCUT2D eigenvalue weighted by Crippen LogP contribution is 2.14. The SMILES string of the molecule is CC12CNCCNCC(NC(=O)CCCC(=O)NCc3ccc(-c4nncnn4)cc3)(CNCCNC1)CNCCNC2. The minimum absolute atomic E-state index is 0.0479. The fourth-order valence-corrected chi connectivity index (χ4v) is 5.34. The van der Waals surface area contributed by atoms with E-state index in [9.17, 15) is 9.59 Å². The predicted octanol–water partition coefficient (Wildman–Crippen LogP) is -1.85. The minimum Gasteiger partial charge on any atom is -0.352 e. The Kier molecular flexibility index (Phi) is 13.1. The van der Waals surface area contributed by atoms with Crippen molar-refractivity contribution in [2.24, 2.45) is 5.41 Å². The number of nitrogens with zero attached hydrogens (tertiary/aromatic N) is 4. The van der Waals surface area contributed by atoms with Gasteiger partial charge in [0.1, 0.15) is 0 Å². The van der Waals surface area contributed by atoms with Crippen molar-refractivity contribution in [1.29, 1.82) is 0 Å². The molecule has 3 aliphatic heterocycles. The quantitative estimate of drug-likeness (QED) is 0.171. The molecule has 8 N–H and O–H groups in total. The maximum atomic E-state index is 13.1. The molecule has 14 heteroatoms. The third-order valence-corrected chi connectivity index (χ3v) is 7.80. The van der Waals surface area contributed by atoms with Gasteiger partial charge in [0, 0.05) is 109 Å². The van der Waals surface area contributed by atoms with Gasteiger partial charge in [-0.05, 0) is 12.0 Å². The first kappa shape index (κ1) is 32.8. The molecule has 0 aliphatic carbocycles. The van der Waals surface area contributed by atoms with E-state index in [1.807, 2.05) is 24.3 Å². The summed E-state index contributed by atoms with van der Waals surface area (Å²) in [6, 6.07) is 7.57. The second-order valence-corrected chi connectivity index (χ2v) is 11.9. The van der Waals surface area contributed by atoms with Crippen LogP contribution in [0.2, 0.25) is 0 Å². The predicted molar refractivity (Wildman–Crippen MR) is 165 cm³/mol. The zero-order valence-electron chi connectivity index (χ0n) is 25.3. The lowest BCUT2D eigenvalue weighted by Gasteiger charge is -2.37. The van der Waals surface area contributed by atoms with Crippen molar-refractivity contribution < 1.29 is 9.59 Å². The molecule has 2 aromatic rings. The molecular formula is C29H48N12O2. The molecular weight excluding hydrogens is 548 g/mol. The largest absolute Gasteiger partial charge is 0.352 e. The number of rotatable bonds is 8. The molecule has 5 rings (SSSR count). The standard InChI is InChI=1S/C29H48N12O2/c1-28-16-30-9-12-33-19-29(20-34-13-10-31-17-28,21-35-14-11-32-18-28)39-26(43)4-2-3-25(42)36-15-23-5-7-24(8-6-23)27-40-37-22-38-41-27/h5-8,22,30-35H,2-4,9-21H2,1H3,(H,36,42)(H,39,43). The van der Waals surface area contributed by atoms with Gasteiger partial charge >= 0.3 is 0 Å². The Bertz CT molecular complexity index is 1070. The first-order valence-electron chi connectivity index (χ1n) is 15.4. The molecule has 0 atom stereocenters. The molecule has 14 nitrogen and oxygen atoms in total. The summed E-state index contributed by atoms with van der Waals surface area (Å²) in [7, 11) is 0. The van der Waals surface area contributed by atoms with Gasteiger partial charge in [-0.1, -0.05) is 31.2 Å². The summed E-state index contributed by atoms with van der Waals surface area (Å²) in [4.78, 5) is 25.7. The molecule has 0 spiro atoms. The smallest absolute Gasteiger partial charge is 0.220 e. The molecule has 1 aromatic heterocycles. The lowest BCUT2D eigenvalue weighted by molar-refractivity contribution is -0.123. The Hall–Kier alpha value is -3.14. The maximum absolute atomic E-state index is 13.1. The van der Waals surface area contributed by atoms with Crippen LogP contribution in [0.4, 0.5) is 0 Å². The molecule has 0 radical (unpaired) electrons. The average molecular weight is 597 g/mol.